The molecule has 0 unspecified atom stereocenters. The summed E-state index contributed by atoms with van der Waals surface area (Å²) in [4.78, 5) is 22.3. The van der Waals surface area contributed by atoms with Crippen molar-refractivity contribution in [2.24, 2.45) is 0 Å². The first-order valence-corrected chi connectivity index (χ1v) is 6.72. The topological polar surface area (TPSA) is 98.7 Å². The van der Waals surface area contributed by atoms with Crippen LogP contribution < -0.4 is 10.9 Å². The number of nitrogens with one attached hydrogen (secondary N) is 2. The molecule has 2 aromatic rings. The number of carboxylic acids is 2. The zero-order valence-corrected chi connectivity index (χ0v) is 12.4. The van der Waals surface area contributed by atoms with Crippen molar-refractivity contribution in [2.75, 3.05) is 10.9 Å². The Morgan fingerprint density at radius 3 is 1.45 bits per heavy atom. The summed E-state index contributed by atoms with van der Waals surface area (Å²) < 4.78 is 0. The fraction of sp³-hybridized carbons (Fsp3) is 0. The van der Waals surface area contributed by atoms with Crippen LogP contribution in [0.25, 0.3) is 0 Å². The molecule has 2 aromatic carbocycles. The van der Waals surface area contributed by atoms with Gasteiger partial charge in [0.15, 0.2) is 0 Å². The van der Waals surface area contributed by atoms with Crippen LogP contribution in [0.1, 0.15) is 20.7 Å². The standard InChI is InChI=1S/C14H10Cl2N2O4/c15-7-1-3-9(13(19)20)11(5-7)17-18-12-6-8(16)2-4-10(12)14(21)22/h1-6,17-18H,(H,19,20)(H,21,22). The van der Waals surface area contributed by atoms with E-state index in [0.717, 1.165) is 0 Å². The summed E-state index contributed by atoms with van der Waals surface area (Å²) in [6.45, 7) is 0. The highest BCUT2D eigenvalue weighted by molar-refractivity contribution is 6.31. The van der Waals surface area contributed by atoms with Crippen molar-refractivity contribution in [3.05, 3.63) is 57.6 Å². The van der Waals surface area contributed by atoms with Gasteiger partial charge in [-0.05, 0) is 36.4 Å². The lowest BCUT2D eigenvalue weighted by atomic mass is 10.1. The zero-order valence-electron chi connectivity index (χ0n) is 10.9. The molecule has 0 amide bonds. The van der Waals surface area contributed by atoms with Crippen LogP contribution in [0.4, 0.5) is 11.4 Å². The molecule has 0 aliphatic rings. The predicted octanol–water partition coefficient (Wildman–Crippen LogP) is 3.83. The van der Waals surface area contributed by atoms with Crippen molar-refractivity contribution in [1.82, 2.24) is 0 Å². The maximum atomic E-state index is 11.1. The highest BCUT2D eigenvalue weighted by atomic mass is 35.5. The molecule has 6 nitrogen and oxygen atoms in total. The highest BCUT2D eigenvalue weighted by Crippen LogP contribution is 2.24. The van der Waals surface area contributed by atoms with Crippen LogP contribution in [0.2, 0.25) is 10.0 Å². The second-order valence-corrected chi connectivity index (χ2v) is 5.11. The number of aromatic carboxylic acids is 2. The normalized spacial score (nSPS) is 10.1. The first-order valence-electron chi connectivity index (χ1n) is 5.96. The maximum Gasteiger partial charge on any atom is 0.337 e. The minimum absolute atomic E-state index is 0.0178. The van der Waals surface area contributed by atoms with Crippen molar-refractivity contribution >= 4 is 46.5 Å². The minimum Gasteiger partial charge on any atom is -0.478 e. The molecule has 114 valence electrons. The Kier molecular flexibility index (Phi) is 4.75. The number of rotatable bonds is 5. The number of carboxylic acid groups (broad SMARTS) is 2. The van der Waals surface area contributed by atoms with Gasteiger partial charge in [0.1, 0.15) is 0 Å². The first kappa shape index (κ1) is 15.9. The van der Waals surface area contributed by atoms with E-state index in [1.54, 1.807) is 0 Å². The SMILES string of the molecule is O=C(O)c1ccc(Cl)cc1NNc1cc(Cl)ccc1C(=O)O. The third-order valence-corrected chi connectivity index (χ3v) is 3.23. The van der Waals surface area contributed by atoms with E-state index in [1.165, 1.54) is 36.4 Å². The van der Waals surface area contributed by atoms with Gasteiger partial charge in [0.05, 0.1) is 22.5 Å². The van der Waals surface area contributed by atoms with Crippen LogP contribution in [-0.2, 0) is 0 Å². The summed E-state index contributed by atoms with van der Waals surface area (Å²) in [5, 5.41) is 18.9. The molecule has 0 radical (unpaired) electrons. The number of benzene rings is 2. The summed E-state index contributed by atoms with van der Waals surface area (Å²) in [6.07, 6.45) is 0. The smallest absolute Gasteiger partial charge is 0.337 e. The van der Waals surface area contributed by atoms with Gasteiger partial charge in [0, 0.05) is 10.0 Å². The van der Waals surface area contributed by atoms with Gasteiger partial charge in [0.2, 0.25) is 0 Å². The average Bonchev–Trinajstić information content (AvgIpc) is 2.44. The molecule has 0 fully saturated rings. The summed E-state index contributed by atoms with van der Waals surface area (Å²) in [5.74, 6) is -2.30. The molecular formula is C14H10Cl2N2O4. The molecule has 8 heteroatoms. The van der Waals surface area contributed by atoms with Crippen LogP contribution in [0.15, 0.2) is 36.4 Å². The van der Waals surface area contributed by atoms with Gasteiger partial charge < -0.3 is 10.2 Å². The van der Waals surface area contributed by atoms with E-state index in [9.17, 15) is 9.59 Å². The predicted molar refractivity (Wildman–Crippen MR) is 84.1 cm³/mol. The van der Waals surface area contributed by atoms with Crippen molar-refractivity contribution in [3.63, 3.8) is 0 Å². The van der Waals surface area contributed by atoms with Crippen molar-refractivity contribution < 1.29 is 19.8 Å². The number of hydrogen-bond acceptors (Lipinski definition) is 4. The third kappa shape index (κ3) is 3.60. The molecule has 0 heterocycles. The van der Waals surface area contributed by atoms with Crippen LogP contribution in [-0.4, -0.2) is 22.2 Å². The summed E-state index contributed by atoms with van der Waals surface area (Å²) >= 11 is 11.7. The summed E-state index contributed by atoms with van der Waals surface area (Å²) in [7, 11) is 0. The van der Waals surface area contributed by atoms with Gasteiger partial charge in [-0.1, -0.05) is 23.2 Å². The fourth-order valence-corrected chi connectivity index (χ4v) is 2.09. The number of hydrazine groups is 1. The van der Waals surface area contributed by atoms with Gasteiger partial charge >= 0.3 is 11.9 Å². The van der Waals surface area contributed by atoms with Crippen LogP contribution in [0.3, 0.4) is 0 Å². The maximum absolute atomic E-state index is 11.1. The van der Waals surface area contributed by atoms with E-state index >= 15 is 0 Å². The van der Waals surface area contributed by atoms with Crippen molar-refractivity contribution in [3.8, 4) is 0 Å². The Hall–Kier alpha value is -2.44. The van der Waals surface area contributed by atoms with Crippen LogP contribution >= 0.6 is 23.2 Å². The summed E-state index contributed by atoms with van der Waals surface area (Å²) in [6, 6.07) is 8.37. The van der Waals surface area contributed by atoms with Crippen molar-refractivity contribution in [1.29, 1.82) is 0 Å². The lowest BCUT2D eigenvalue weighted by molar-refractivity contribution is 0.0686. The molecule has 0 aliphatic heterocycles. The second-order valence-electron chi connectivity index (χ2n) is 4.24. The summed E-state index contributed by atoms with van der Waals surface area (Å²) in [5.41, 5.74) is 5.62. The van der Waals surface area contributed by atoms with E-state index in [4.69, 9.17) is 33.4 Å². The van der Waals surface area contributed by atoms with Gasteiger partial charge in [-0.2, -0.15) is 0 Å². The molecule has 22 heavy (non-hydrogen) atoms. The molecule has 0 aromatic heterocycles. The Balaban J connectivity index is 2.31. The monoisotopic (exact) mass is 340 g/mol. The van der Waals surface area contributed by atoms with Gasteiger partial charge in [-0.15, -0.1) is 0 Å². The minimum atomic E-state index is -1.15. The number of anilines is 2. The molecule has 0 atom stereocenters. The molecule has 4 N–H and O–H groups in total. The van der Waals surface area contributed by atoms with E-state index in [0.29, 0.717) is 10.0 Å². The molecule has 0 saturated carbocycles. The first-order chi connectivity index (χ1) is 10.4. The quantitative estimate of drug-likeness (QED) is 0.617. The zero-order chi connectivity index (χ0) is 16.3. The van der Waals surface area contributed by atoms with Crippen molar-refractivity contribution in [2.45, 2.75) is 0 Å². The molecule has 0 bridgehead atoms. The Morgan fingerprint density at radius 1 is 0.773 bits per heavy atom. The fourth-order valence-electron chi connectivity index (χ4n) is 1.75. The Bertz CT molecular complexity index is 686. The third-order valence-electron chi connectivity index (χ3n) is 2.76. The molecular weight excluding hydrogens is 331 g/mol. The number of carbonyl (C=O) groups is 2. The van der Waals surface area contributed by atoms with Crippen LogP contribution in [0.5, 0.6) is 0 Å². The van der Waals surface area contributed by atoms with Crippen LogP contribution in [0, 0.1) is 0 Å². The molecule has 0 aliphatic carbocycles. The van der Waals surface area contributed by atoms with Gasteiger partial charge in [-0.25, -0.2) is 9.59 Å². The molecule has 0 saturated heterocycles. The van der Waals surface area contributed by atoms with E-state index < -0.39 is 11.9 Å². The van der Waals surface area contributed by atoms with E-state index in [-0.39, 0.29) is 22.5 Å². The molecule has 0 spiro atoms. The van der Waals surface area contributed by atoms with E-state index in [1.807, 2.05) is 0 Å². The Morgan fingerprint density at radius 2 is 1.14 bits per heavy atom. The number of halogens is 2. The number of hydrogen-bond donors (Lipinski definition) is 4. The lowest BCUT2D eigenvalue weighted by Crippen LogP contribution is -2.15. The largest absolute Gasteiger partial charge is 0.478 e. The Labute approximate surface area is 135 Å². The lowest BCUT2D eigenvalue weighted by Gasteiger charge is -2.14. The highest BCUT2D eigenvalue weighted by Gasteiger charge is 2.13. The van der Waals surface area contributed by atoms with Gasteiger partial charge in [-0.3, -0.25) is 10.9 Å². The average molecular weight is 341 g/mol. The van der Waals surface area contributed by atoms with E-state index in [2.05, 4.69) is 10.9 Å². The second kappa shape index (κ2) is 6.55. The molecule has 2 rings (SSSR count). The van der Waals surface area contributed by atoms with Gasteiger partial charge in [0.25, 0.3) is 0 Å².